The number of aryl methyl sites for hydroxylation is 1. The highest BCUT2D eigenvalue weighted by Gasteiger charge is 2.33. The van der Waals surface area contributed by atoms with Crippen molar-refractivity contribution in [3.05, 3.63) is 82.9 Å². The van der Waals surface area contributed by atoms with E-state index in [1.165, 1.54) is 17.8 Å². The Hall–Kier alpha value is -2.68. The first-order valence-electron chi connectivity index (χ1n) is 12.9. The molecule has 206 valence electrons. The molecule has 8 heteroatoms. The Balaban J connectivity index is 1.66. The molecule has 0 unspecified atom stereocenters. The van der Waals surface area contributed by atoms with Crippen LogP contribution in [0.5, 0.6) is 0 Å². The highest BCUT2D eigenvalue weighted by atomic mass is 32.2. The summed E-state index contributed by atoms with van der Waals surface area (Å²) in [7, 11) is 1.70. The molecule has 0 aliphatic rings. The predicted molar refractivity (Wildman–Crippen MR) is 151 cm³/mol. The van der Waals surface area contributed by atoms with Crippen LogP contribution in [0.25, 0.3) is 0 Å². The molecule has 3 aromatic rings. The first-order chi connectivity index (χ1) is 17.9. The van der Waals surface area contributed by atoms with Crippen molar-refractivity contribution in [2.75, 3.05) is 20.3 Å². The van der Waals surface area contributed by atoms with Crippen LogP contribution in [-0.2, 0) is 33.9 Å². The fourth-order valence-electron chi connectivity index (χ4n) is 3.90. The molecule has 0 N–H and O–H groups in total. The van der Waals surface area contributed by atoms with Gasteiger partial charge in [0.15, 0.2) is 0 Å². The number of aromatic nitrogens is 2. The number of thioether (sulfide) groups is 1. The Labute approximate surface area is 230 Å². The molecule has 0 aliphatic heterocycles. The van der Waals surface area contributed by atoms with Crippen LogP contribution in [0.2, 0.25) is 0 Å². The molecule has 2 aromatic carbocycles. The fourth-order valence-corrected chi connectivity index (χ4v) is 4.89. The van der Waals surface area contributed by atoms with Crippen LogP contribution in [0, 0.1) is 12.7 Å². The fraction of sp³-hybridized carbons (Fsp3) is 0.467. The summed E-state index contributed by atoms with van der Waals surface area (Å²) in [5, 5.41) is 4.75. The minimum Gasteiger partial charge on any atom is -0.459 e. The van der Waals surface area contributed by atoms with E-state index in [0.29, 0.717) is 25.3 Å². The second-order valence-electron chi connectivity index (χ2n) is 11.0. The maximum Gasteiger partial charge on any atom is 0.322 e. The minimum atomic E-state index is -0.696. The van der Waals surface area contributed by atoms with Crippen LogP contribution in [0.3, 0.4) is 0 Å². The zero-order valence-electron chi connectivity index (χ0n) is 23.6. The summed E-state index contributed by atoms with van der Waals surface area (Å²) in [6.07, 6.45) is 1.97. The van der Waals surface area contributed by atoms with Gasteiger partial charge in [0, 0.05) is 43.4 Å². The van der Waals surface area contributed by atoms with E-state index in [4.69, 9.17) is 14.6 Å². The van der Waals surface area contributed by atoms with Crippen molar-refractivity contribution in [3.8, 4) is 0 Å². The van der Waals surface area contributed by atoms with Gasteiger partial charge in [-0.25, -0.2) is 4.39 Å². The summed E-state index contributed by atoms with van der Waals surface area (Å²) < 4.78 is 26.2. The molecule has 0 radical (unpaired) electrons. The van der Waals surface area contributed by atoms with Gasteiger partial charge in [-0.05, 0) is 70.9 Å². The van der Waals surface area contributed by atoms with Crippen LogP contribution >= 0.6 is 11.8 Å². The number of benzene rings is 2. The van der Waals surface area contributed by atoms with E-state index in [1.807, 2.05) is 53.8 Å². The molecule has 3 rings (SSSR count). The van der Waals surface area contributed by atoms with Crippen molar-refractivity contribution in [3.63, 3.8) is 0 Å². The van der Waals surface area contributed by atoms with Gasteiger partial charge in [0.2, 0.25) is 0 Å². The smallest absolute Gasteiger partial charge is 0.322 e. The van der Waals surface area contributed by atoms with E-state index in [2.05, 4.69) is 29.2 Å². The maximum absolute atomic E-state index is 14.1. The number of hydrogen-bond donors (Lipinski definition) is 0. The normalized spacial score (nSPS) is 12.2. The molecule has 0 amide bonds. The van der Waals surface area contributed by atoms with Gasteiger partial charge in [0.1, 0.15) is 16.2 Å². The highest BCUT2D eigenvalue weighted by Crippen LogP contribution is 2.34. The average molecular weight is 542 g/mol. The van der Waals surface area contributed by atoms with Gasteiger partial charge < -0.3 is 9.47 Å². The highest BCUT2D eigenvalue weighted by molar-refractivity contribution is 8.01. The van der Waals surface area contributed by atoms with Crippen LogP contribution < -0.4 is 0 Å². The maximum atomic E-state index is 14.1. The Bertz CT molecular complexity index is 1200. The van der Waals surface area contributed by atoms with E-state index in [0.717, 1.165) is 34.8 Å². The summed E-state index contributed by atoms with van der Waals surface area (Å²) >= 11 is 1.50. The third kappa shape index (κ3) is 8.96. The second-order valence-corrected chi connectivity index (χ2v) is 12.7. The molecular weight excluding hydrogens is 501 g/mol. The van der Waals surface area contributed by atoms with Gasteiger partial charge in [0.05, 0.1) is 18.8 Å². The molecular formula is C30H40FN3O3S. The molecule has 0 saturated carbocycles. The molecule has 1 heterocycles. The zero-order chi connectivity index (χ0) is 27.9. The van der Waals surface area contributed by atoms with E-state index in [-0.39, 0.29) is 11.8 Å². The van der Waals surface area contributed by atoms with Crippen LogP contribution in [-0.4, -0.2) is 51.3 Å². The number of methoxy groups -OCH3 is 1. The zero-order valence-corrected chi connectivity index (χ0v) is 24.4. The van der Waals surface area contributed by atoms with Gasteiger partial charge in [0.25, 0.3) is 0 Å². The largest absolute Gasteiger partial charge is 0.459 e. The first-order valence-corrected chi connectivity index (χ1v) is 13.7. The van der Waals surface area contributed by atoms with Crippen molar-refractivity contribution >= 4 is 17.7 Å². The lowest BCUT2D eigenvalue weighted by atomic mass is 10.1. The van der Waals surface area contributed by atoms with Gasteiger partial charge >= 0.3 is 5.97 Å². The van der Waals surface area contributed by atoms with E-state index in [1.54, 1.807) is 23.9 Å². The minimum absolute atomic E-state index is 0.222. The standard InChI is InChI=1S/C30H40FN3O3S/c1-22-18-34(20-24-10-8-9-11-26(24)31)32-27(22)21-33(16-17-36-7)19-23-12-14-25(15-13-23)38-30(5,6)28(35)37-29(2,3)4/h8-15,18H,16-17,19-21H2,1-7H3. The topological polar surface area (TPSA) is 56.6 Å². The van der Waals surface area contributed by atoms with Crippen LogP contribution in [0.4, 0.5) is 4.39 Å². The summed E-state index contributed by atoms with van der Waals surface area (Å²) in [6.45, 7) is 14.6. The van der Waals surface area contributed by atoms with Gasteiger partial charge in [-0.3, -0.25) is 14.4 Å². The van der Waals surface area contributed by atoms with E-state index < -0.39 is 10.3 Å². The quantitative estimate of drug-likeness (QED) is 0.200. The molecule has 0 saturated heterocycles. The van der Waals surface area contributed by atoms with E-state index >= 15 is 0 Å². The predicted octanol–water partition coefficient (Wildman–Crippen LogP) is 6.24. The lowest BCUT2D eigenvalue weighted by Crippen LogP contribution is -2.36. The van der Waals surface area contributed by atoms with Crippen molar-refractivity contribution in [2.24, 2.45) is 0 Å². The van der Waals surface area contributed by atoms with Crippen molar-refractivity contribution in [1.29, 1.82) is 0 Å². The molecule has 0 aliphatic carbocycles. The third-order valence-electron chi connectivity index (χ3n) is 5.92. The summed E-state index contributed by atoms with van der Waals surface area (Å²) in [5.41, 5.74) is 3.29. The summed E-state index contributed by atoms with van der Waals surface area (Å²) in [6, 6.07) is 15.1. The Morgan fingerprint density at radius 1 is 1.05 bits per heavy atom. The Kier molecular flexibility index (Phi) is 10.2. The van der Waals surface area contributed by atoms with Crippen molar-refractivity contribution in [2.45, 2.75) is 76.4 Å². The van der Waals surface area contributed by atoms with Crippen LogP contribution in [0.1, 0.15) is 57.0 Å². The SMILES string of the molecule is COCCN(Cc1ccc(SC(C)(C)C(=O)OC(C)(C)C)cc1)Cc1nn(Cc2ccccc2F)cc1C. The second kappa shape index (κ2) is 12.9. The third-order valence-corrected chi connectivity index (χ3v) is 7.10. The number of esters is 1. The number of carbonyl (C=O) groups excluding carboxylic acids is 1. The summed E-state index contributed by atoms with van der Waals surface area (Å²) in [5.74, 6) is -0.449. The Morgan fingerprint density at radius 3 is 2.37 bits per heavy atom. The monoisotopic (exact) mass is 541 g/mol. The molecule has 6 nitrogen and oxygen atoms in total. The van der Waals surface area contributed by atoms with Gasteiger partial charge in [-0.2, -0.15) is 5.10 Å². The molecule has 0 bridgehead atoms. The molecule has 38 heavy (non-hydrogen) atoms. The molecule has 1 aromatic heterocycles. The lowest BCUT2D eigenvalue weighted by molar-refractivity contribution is -0.156. The van der Waals surface area contributed by atoms with E-state index in [9.17, 15) is 9.18 Å². The van der Waals surface area contributed by atoms with Crippen molar-refractivity contribution < 1.29 is 18.7 Å². The Morgan fingerprint density at radius 2 is 1.74 bits per heavy atom. The number of rotatable bonds is 12. The molecule has 0 fully saturated rings. The molecule has 0 atom stereocenters. The first kappa shape index (κ1) is 29.9. The lowest BCUT2D eigenvalue weighted by Gasteiger charge is -2.28. The number of nitrogens with zero attached hydrogens (tertiary/aromatic N) is 3. The number of halogens is 1. The van der Waals surface area contributed by atoms with Crippen molar-refractivity contribution in [1.82, 2.24) is 14.7 Å². The van der Waals surface area contributed by atoms with Gasteiger partial charge in [-0.1, -0.05) is 30.3 Å². The summed E-state index contributed by atoms with van der Waals surface area (Å²) in [4.78, 5) is 15.9. The van der Waals surface area contributed by atoms with Crippen LogP contribution in [0.15, 0.2) is 59.6 Å². The number of hydrogen-bond acceptors (Lipinski definition) is 6. The molecule has 0 spiro atoms. The van der Waals surface area contributed by atoms with Gasteiger partial charge in [-0.15, -0.1) is 11.8 Å². The number of carbonyl (C=O) groups is 1. The average Bonchev–Trinajstić information content (AvgIpc) is 3.17. The number of ether oxygens (including phenoxy) is 2.